The second-order valence-electron chi connectivity index (χ2n) is 5.53. The molecule has 5 nitrogen and oxygen atoms in total. The molecule has 5 heteroatoms. The predicted octanol–water partition coefficient (Wildman–Crippen LogP) is 1.95. The van der Waals surface area contributed by atoms with Crippen molar-refractivity contribution in [3.05, 3.63) is 60.3 Å². The van der Waals surface area contributed by atoms with Crippen LogP contribution >= 0.6 is 0 Å². The van der Waals surface area contributed by atoms with Crippen LogP contribution in [0.15, 0.2) is 54.7 Å². The second kappa shape index (κ2) is 7.74. The molecule has 3 rings (SSSR count). The van der Waals surface area contributed by atoms with Gasteiger partial charge in [0.25, 0.3) is 0 Å². The van der Waals surface area contributed by atoms with Crippen LogP contribution < -0.4 is 4.90 Å². The lowest BCUT2D eigenvalue weighted by molar-refractivity contribution is -0.136. The van der Waals surface area contributed by atoms with Crippen molar-refractivity contribution in [1.82, 2.24) is 9.88 Å². The lowest BCUT2D eigenvalue weighted by atomic mass is 10.2. The van der Waals surface area contributed by atoms with E-state index in [1.165, 1.54) is 0 Å². The van der Waals surface area contributed by atoms with Crippen LogP contribution in [0.25, 0.3) is 0 Å². The van der Waals surface area contributed by atoms with Crippen LogP contribution in [-0.2, 0) is 16.1 Å². The number of nitrogens with zero attached hydrogens (tertiary/aromatic N) is 3. The molecule has 2 heterocycles. The molecule has 0 aliphatic carbocycles. The number of hydrogen-bond acceptors (Lipinski definition) is 4. The van der Waals surface area contributed by atoms with Gasteiger partial charge < -0.3 is 14.5 Å². The highest BCUT2D eigenvalue weighted by molar-refractivity contribution is 5.77. The highest BCUT2D eigenvalue weighted by Gasteiger charge is 2.21. The van der Waals surface area contributed by atoms with E-state index in [0.29, 0.717) is 19.7 Å². The average Bonchev–Trinajstić information content (AvgIpc) is 2.63. The van der Waals surface area contributed by atoms with Crippen LogP contribution in [0.5, 0.6) is 0 Å². The summed E-state index contributed by atoms with van der Waals surface area (Å²) < 4.78 is 5.53. The van der Waals surface area contributed by atoms with Crippen LogP contribution in [0.2, 0.25) is 0 Å². The number of rotatable bonds is 5. The van der Waals surface area contributed by atoms with E-state index in [9.17, 15) is 4.79 Å². The lowest BCUT2D eigenvalue weighted by Gasteiger charge is -2.35. The number of hydrogen-bond donors (Lipinski definition) is 0. The molecule has 1 saturated heterocycles. The van der Waals surface area contributed by atoms with Crippen LogP contribution in [0, 0.1) is 0 Å². The van der Waals surface area contributed by atoms with Gasteiger partial charge in [0.1, 0.15) is 12.4 Å². The fraction of sp³-hybridized carbons (Fsp3) is 0.333. The number of amides is 1. The second-order valence-corrected chi connectivity index (χ2v) is 5.53. The number of ether oxygens (including phenoxy) is 1. The molecule has 23 heavy (non-hydrogen) atoms. The van der Waals surface area contributed by atoms with Crippen molar-refractivity contribution in [2.45, 2.75) is 6.61 Å². The maximum Gasteiger partial charge on any atom is 0.248 e. The van der Waals surface area contributed by atoms with E-state index in [2.05, 4.69) is 9.88 Å². The van der Waals surface area contributed by atoms with Crippen LogP contribution in [0.1, 0.15) is 5.56 Å². The first kappa shape index (κ1) is 15.5. The topological polar surface area (TPSA) is 45.7 Å². The maximum atomic E-state index is 12.2. The maximum absolute atomic E-state index is 12.2. The zero-order valence-corrected chi connectivity index (χ0v) is 13.1. The Hall–Kier alpha value is -2.40. The van der Waals surface area contributed by atoms with E-state index < -0.39 is 0 Å². The van der Waals surface area contributed by atoms with Gasteiger partial charge in [0.15, 0.2) is 0 Å². The van der Waals surface area contributed by atoms with Crippen molar-refractivity contribution in [1.29, 1.82) is 0 Å². The van der Waals surface area contributed by atoms with Crippen molar-refractivity contribution in [2.75, 3.05) is 37.7 Å². The monoisotopic (exact) mass is 311 g/mol. The molecule has 0 saturated carbocycles. The van der Waals surface area contributed by atoms with Crippen LogP contribution in [-0.4, -0.2) is 48.6 Å². The Balaban J connectivity index is 1.41. The van der Waals surface area contributed by atoms with Crippen molar-refractivity contribution in [3.8, 4) is 0 Å². The first-order chi connectivity index (χ1) is 11.3. The molecule has 0 unspecified atom stereocenters. The fourth-order valence-corrected chi connectivity index (χ4v) is 2.65. The van der Waals surface area contributed by atoms with Gasteiger partial charge in [-0.25, -0.2) is 4.98 Å². The number of aromatic nitrogens is 1. The van der Waals surface area contributed by atoms with Gasteiger partial charge in [-0.15, -0.1) is 0 Å². The first-order valence-electron chi connectivity index (χ1n) is 7.88. The van der Waals surface area contributed by atoms with Crippen LogP contribution in [0.4, 0.5) is 5.82 Å². The van der Waals surface area contributed by atoms with Crippen molar-refractivity contribution in [2.24, 2.45) is 0 Å². The van der Waals surface area contributed by atoms with Gasteiger partial charge in [0.05, 0.1) is 6.61 Å². The summed E-state index contributed by atoms with van der Waals surface area (Å²) in [6, 6.07) is 15.8. The summed E-state index contributed by atoms with van der Waals surface area (Å²) in [5.74, 6) is 1.03. The third-order valence-corrected chi connectivity index (χ3v) is 3.94. The van der Waals surface area contributed by atoms with E-state index >= 15 is 0 Å². The molecule has 120 valence electrons. The molecule has 2 aromatic rings. The van der Waals surface area contributed by atoms with E-state index in [4.69, 9.17) is 4.74 Å². The smallest absolute Gasteiger partial charge is 0.248 e. The Bertz CT molecular complexity index is 611. The Morgan fingerprint density at radius 3 is 2.43 bits per heavy atom. The Labute approximate surface area is 136 Å². The molecule has 1 aromatic heterocycles. The Morgan fingerprint density at radius 2 is 1.74 bits per heavy atom. The highest BCUT2D eigenvalue weighted by Crippen LogP contribution is 2.12. The summed E-state index contributed by atoms with van der Waals surface area (Å²) in [6.45, 7) is 3.65. The quantitative estimate of drug-likeness (QED) is 0.847. The summed E-state index contributed by atoms with van der Waals surface area (Å²) in [5, 5.41) is 0. The third-order valence-electron chi connectivity index (χ3n) is 3.94. The lowest BCUT2D eigenvalue weighted by Crippen LogP contribution is -2.50. The first-order valence-corrected chi connectivity index (χ1v) is 7.88. The van der Waals surface area contributed by atoms with E-state index in [-0.39, 0.29) is 12.5 Å². The highest BCUT2D eigenvalue weighted by atomic mass is 16.5. The van der Waals surface area contributed by atoms with Crippen molar-refractivity contribution >= 4 is 11.7 Å². The number of anilines is 1. The van der Waals surface area contributed by atoms with Crippen molar-refractivity contribution < 1.29 is 9.53 Å². The van der Waals surface area contributed by atoms with Gasteiger partial charge in [-0.1, -0.05) is 36.4 Å². The minimum absolute atomic E-state index is 0.0570. The molecule has 1 aliphatic rings. The number of carbonyl (C=O) groups is 1. The average molecular weight is 311 g/mol. The number of carbonyl (C=O) groups excluding carboxylic acids is 1. The molecule has 1 fully saturated rings. The van der Waals surface area contributed by atoms with Gasteiger partial charge in [-0.05, 0) is 17.7 Å². The molecule has 1 aromatic carbocycles. The molecule has 0 atom stereocenters. The third kappa shape index (κ3) is 4.29. The number of benzene rings is 1. The summed E-state index contributed by atoms with van der Waals surface area (Å²) in [6.07, 6.45) is 1.80. The van der Waals surface area contributed by atoms with Gasteiger partial charge >= 0.3 is 0 Å². The fourth-order valence-electron chi connectivity index (χ4n) is 2.65. The summed E-state index contributed by atoms with van der Waals surface area (Å²) in [5.41, 5.74) is 1.08. The molecule has 0 radical (unpaired) electrons. The molecular formula is C18H21N3O2. The SMILES string of the molecule is O=C(COCc1ccccc1)N1CCN(c2ccccn2)CC1. The molecule has 0 spiro atoms. The standard InChI is InChI=1S/C18H21N3O2/c22-18(15-23-14-16-6-2-1-3-7-16)21-12-10-20(11-13-21)17-8-4-5-9-19-17/h1-9H,10-15H2. The predicted molar refractivity (Wildman–Crippen MR) is 89.1 cm³/mol. The minimum atomic E-state index is 0.0570. The summed E-state index contributed by atoms with van der Waals surface area (Å²) >= 11 is 0. The van der Waals surface area contributed by atoms with Gasteiger partial charge in [-0.2, -0.15) is 0 Å². The van der Waals surface area contributed by atoms with Crippen molar-refractivity contribution in [3.63, 3.8) is 0 Å². The molecule has 1 amide bonds. The summed E-state index contributed by atoms with van der Waals surface area (Å²) in [4.78, 5) is 20.6. The van der Waals surface area contributed by atoms with E-state index in [1.807, 2.05) is 53.4 Å². The number of piperazine rings is 1. The Morgan fingerprint density at radius 1 is 1.00 bits per heavy atom. The van der Waals surface area contributed by atoms with Gasteiger partial charge in [-0.3, -0.25) is 4.79 Å². The summed E-state index contributed by atoms with van der Waals surface area (Å²) in [7, 11) is 0. The molecule has 0 bridgehead atoms. The zero-order valence-electron chi connectivity index (χ0n) is 13.1. The molecular weight excluding hydrogens is 290 g/mol. The van der Waals surface area contributed by atoms with Gasteiger partial charge in [0, 0.05) is 32.4 Å². The van der Waals surface area contributed by atoms with Gasteiger partial charge in [0.2, 0.25) is 5.91 Å². The zero-order chi connectivity index (χ0) is 15.9. The number of pyridine rings is 1. The van der Waals surface area contributed by atoms with E-state index in [1.54, 1.807) is 6.20 Å². The van der Waals surface area contributed by atoms with Crippen LogP contribution in [0.3, 0.4) is 0 Å². The van der Waals surface area contributed by atoms with E-state index in [0.717, 1.165) is 24.5 Å². The molecule has 0 N–H and O–H groups in total. The minimum Gasteiger partial charge on any atom is -0.367 e. The largest absolute Gasteiger partial charge is 0.367 e. The normalized spacial score (nSPS) is 14.8. The Kier molecular flexibility index (Phi) is 5.21. The molecule has 1 aliphatic heterocycles.